The third kappa shape index (κ3) is 1.22. The van der Waals surface area contributed by atoms with E-state index < -0.39 is 0 Å². The normalized spacial score (nSPS) is 18.7. The first-order chi connectivity index (χ1) is 8.11. The molecule has 0 amide bonds. The summed E-state index contributed by atoms with van der Waals surface area (Å²) in [4.78, 5) is 23.6. The zero-order chi connectivity index (χ0) is 12.2. The first-order valence-electron chi connectivity index (χ1n) is 5.77. The van der Waals surface area contributed by atoms with Gasteiger partial charge in [-0.15, -0.1) is 0 Å². The highest BCUT2D eigenvalue weighted by Crippen LogP contribution is 2.37. The molecule has 3 rings (SSSR count). The predicted molar refractivity (Wildman–Crippen MR) is 65.4 cm³/mol. The van der Waals surface area contributed by atoms with Crippen LogP contribution in [0.4, 0.5) is 0 Å². The van der Waals surface area contributed by atoms with Crippen molar-refractivity contribution in [2.75, 3.05) is 0 Å². The maximum absolute atomic E-state index is 11.8. The van der Waals surface area contributed by atoms with Gasteiger partial charge in [-0.3, -0.25) is 14.2 Å². The summed E-state index contributed by atoms with van der Waals surface area (Å²) in [6.07, 6.45) is 0.456. The van der Waals surface area contributed by atoms with E-state index in [0.717, 1.165) is 22.2 Å². The molecule has 0 fully saturated rings. The second kappa shape index (κ2) is 3.29. The van der Waals surface area contributed by atoms with Crippen LogP contribution < -0.4 is 0 Å². The Morgan fingerprint density at radius 1 is 1.35 bits per heavy atom. The zero-order valence-electron chi connectivity index (χ0n) is 9.86. The molecule has 1 aromatic heterocycles. The molecule has 0 radical (unpaired) electrons. The number of Topliss-reactive ketones (excluding diaryl/α,β-unsaturated/α-hetero) is 1. The van der Waals surface area contributed by atoms with E-state index in [1.54, 1.807) is 11.5 Å². The molecule has 0 bridgehead atoms. The van der Waals surface area contributed by atoms with Crippen LogP contribution in [-0.2, 0) is 11.2 Å². The fraction of sp³-hybridized carbons (Fsp3) is 0.286. The van der Waals surface area contributed by atoms with Crippen molar-refractivity contribution >= 4 is 22.6 Å². The Labute approximate surface area is 99.0 Å². The Morgan fingerprint density at radius 2 is 2.06 bits per heavy atom. The molecule has 1 aliphatic carbocycles. The molecule has 0 N–H and O–H groups in total. The van der Waals surface area contributed by atoms with Gasteiger partial charge in [0.25, 0.3) is 0 Å². The number of hydrogen-bond acceptors (Lipinski definition) is 2. The van der Waals surface area contributed by atoms with Crippen molar-refractivity contribution < 1.29 is 9.59 Å². The van der Waals surface area contributed by atoms with Gasteiger partial charge in [0, 0.05) is 24.4 Å². The van der Waals surface area contributed by atoms with Crippen LogP contribution in [0.15, 0.2) is 24.3 Å². The smallest absolute Gasteiger partial charge is 0.228 e. The van der Waals surface area contributed by atoms with Crippen LogP contribution in [0.2, 0.25) is 0 Å². The van der Waals surface area contributed by atoms with E-state index in [-0.39, 0.29) is 17.6 Å². The van der Waals surface area contributed by atoms with Gasteiger partial charge in [0.05, 0.1) is 11.4 Å². The molecule has 3 heteroatoms. The van der Waals surface area contributed by atoms with Crippen LogP contribution in [0.3, 0.4) is 0 Å². The molecule has 17 heavy (non-hydrogen) atoms. The average Bonchev–Trinajstić information content (AvgIpc) is 2.76. The molecular formula is C14H13NO2. The summed E-state index contributed by atoms with van der Waals surface area (Å²) in [6.45, 7) is 3.43. The van der Waals surface area contributed by atoms with Crippen molar-refractivity contribution in [3.63, 3.8) is 0 Å². The number of carbonyl (C=O) groups excluding carboxylic acids is 2. The van der Waals surface area contributed by atoms with Crippen LogP contribution in [0, 0.1) is 0 Å². The number of benzene rings is 1. The maximum Gasteiger partial charge on any atom is 0.228 e. The predicted octanol–water partition coefficient (Wildman–Crippen LogP) is 2.53. The highest BCUT2D eigenvalue weighted by molar-refractivity contribution is 6.04. The van der Waals surface area contributed by atoms with Gasteiger partial charge >= 0.3 is 0 Å². The molecule has 1 atom stereocenters. The fourth-order valence-corrected chi connectivity index (χ4v) is 2.79. The summed E-state index contributed by atoms with van der Waals surface area (Å²) in [5.41, 5.74) is 2.85. The van der Waals surface area contributed by atoms with Crippen molar-refractivity contribution in [3.05, 3.63) is 35.5 Å². The Morgan fingerprint density at radius 3 is 2.76 bits per heavy atom. The maximum atomic E-state index is 11.8. The van der Waals surface area contributed by atoms with E-state index in [0.29, 0.717) is 6.42 Å². The van der Waals surface area contributed by atoms with Crippen molar-refractivity contribution in [1.82, 2.24) is 4.57 Å². The molecule has 0 saturated carbocycles. The summed E-state index contributed by atoms with van der Waals surface area (Å²) in [6, 6.07) is 7.79. The van der Waals surface area contributed by atoms with Crippen LogP contribution in [-0.4, -0.2) is 16.3 Å². The standard InChI is InChI=1S/C14H13NO2/c1-8-13(17)7-11-10-5-3-4-6-12(10)15(9(2)16)14(8)11/h3-6,8H,7H2,1-2H3. The Hall–Kier alpha value is -1.90. The number of para-hydroxylation sites is 1. The lowest BCUT2D eigenvalue weighted by Gasteiger charge is -2.08. The number of ketones is 1. The summed E-state index contributed by atoms with van der Waals surface area (Å²) >= 11 is 0. The van der Waals surface area contributed by atoms with Crippen molar-refractivity contribution in [3.8, 4) is 0 Å². The van der Waals surface area contributed by atoms with Crippen molar-refractivity contribution in [1.29, 1.82) is 0 Å². The van der Waals surface area contributed by atoms with E-state index in [1.807, 2.05) is 31.2 Å². The summed E-state index contributed by atoms with van der Waals surface area (Å²) in [7, 11) is 0. The second-order valence-corrected chi connectivity index (χ2v) is 4.60. The first kappa shape index (κ1) is 10.3. The minimum absolute atomic E-state index is 0.0241. The van der Waals surface area contributed by atoms with E-state index in [9.17, 15) is 9.59 Å². The van der Waals surface area contributed by atoms with Gasteiger partial charge in [-0.2, -0.15) is 0 Å². The first-order valence-corrected chi connectivity index (χ1v) is 5.77. The zero-order valence-corrected chi connectivity index (χ0v) is 9.86. The highest BCUT2D eigenvalue weighted by Gasteiger charge is 2.34. The lowest BCUT2D eigenvalue weighted by Crippen LogP contribution is -2.13. The molecule has 1 heterocycles. The molecule has 1 unspecified atom stereocenters. The van der Waals surface area contributed by atoms with E-state index in [1.165, 1.54) is 0 Å². The number of fused-ring (bicyclic) bond motifs is 3. The van der Waals surface area contributed by atoms with Crippen molar-refractivity contribution in [2.24, 2.45) is 0 Å². The third-order valence-corrected chi connectivity index (χ3v) is 3.58. The second-order valence-electron chi connectivity index (χ2n) is 4.60. The number of carbonyl (C=O) groups is 2. The van der Waals surface area contributed by atoms with Crippen LogP contribution in [0.25, 0.3) is 10.9 Å². The molecule has 86 valence electrons. The minimum atomic E-state index is -0.165. The average molecular weight is 227 g/mol. The van der Waals surface area contributed by atoms with Gasteiger partial charge in [-0.25, -0.2) is 0 Å². The van der Waals surface area contributed by atoms with Gasteiger partial charge in [0.1, 0.15) is 5.78 Å². The monoisotopic (exact) mass is 227 g/mol. The summed E-state index contributed by atoms with van der Waals surface area (Å²) in [5.74, 6) is 0.0149. The topological polar surface area (TPSA) is 39.1 Å². The lowest BCUT2D eigenvalue weighted by molar-refractivity contribution is -0.118. The van der Waals surface area contributed by atoms with Crippen LogP contribution in [0.5, 0.6) is 0 Å². The number of nitrogens with zero attached hydrogens (tertiary/aromatic N) is 1. The van der Waals surface area contributed by atoms with Gasteiger partial charge < -0.3 is 0 Å². The quantitative estimate of drug-likeness (QED) is 0.693. The highest BCUT2D eigenvalue weighted by atomic mass is 16.2. The van der Waals surface area contributed by atoms with E-state index >= 15 is 0 Å². The SMILES string of the molecule is CC(=O)n1c2c(c3ccccc31)CC(=O)C2C. The van der Waals surface area contributed by atoms with Crippen molar-refractivity contribution in [2.45, 2.75) is 26.2 Å². The molecule has 0 aliphatic heterocycles. The lowest BCUT2D eigenvalue weighted by atomic mass is 10.1. The third-order valence-electron chi connectivity index (χ3n) is 3.58. The molecule has 0 saturated heterocycles. The van der Waals surface area contributed by atoms with Crippen LogP contribution >= 0.6 is 0 Å². The Kier molecular flexibility index (Phi) is 1.99. The van der Waals surface area contributed by atoms with E-state index in [2.05, 4.69) is 0 Å². The van der Waals surface area contributed by atoms with Gasteiger partial charge in [0.15, 0.2) is 0 Å². The summed E-state index contributed by atoms with van der Waals surface area (Å²) < 4.78 is 1.69. The molecular weight excluding hydrogens is 214 g/mol. The Bertz CT molecular complexity index is 652. The number of hydrogen-bond donors (Lipinski definition) is 0. The number of aromatic nitrogens is 1. The summed E-state index contributed by atoms with van der Waals surface area (Å²) in [5, 5.41) is 1.04. The Balaban J connectivity index is 2.46. The van der Waals surface area contributed by atoms with Gasteiger partial charge in [-0.1, -0.05) is 18.2 Å². The van der Waals surface area contributed by atoms with Gasteiger partial charge in [-0.05, 0) is 18.6 Å². The number of rotatable bonds is 0. The van der Waals surface area contributed by atoms with Gasteiger partial charge in [0.2, 0.25) is 5.91 Å². The van der Waals surface area contributed by atoms with E-state index in [4.69, 9.17) is 0 Å². The molecule has 1 aromatic carbocycles. The molecule has 2 aromatic rings. The molecule has 1 aliphatic rings. The van der Waals surface area contributed by atoms with Crippen LogP contribution in [0.1, 0.15) is 35.8 Å². The minimum Gasteiger partial charge on any atom is -0.299 e. The molecule has 3 nitrogen and oxygen atoms in total. The largest absolute Gasteiger partial charge is 0.299 e. The molecule has 0 spiro atoms. The fourth-order valence-electron chi connectivity index (χ4n) is 2.79.